The van der Waals surface area contributed by atoms with E-state index >= 15 is 0 Å². The van der Waals surface area contributed by atoms with E-state index in [1.165, 1.54) is 9.96 Å². The number of likely N-dealkylation sites (tertiary alicyclic amines) is 1. The number of nitrogens with one attached hydrogen (secondary N) is 1. The quantitative estimate of drug-likeness (QED) is 0.481. The Bertz CT molecular complexity index is 1260. The van der Waals surface area contributed by atoms with E-state index in [1.54, 1.807) is 0 Å². The van der Waals surface area contributed by atoms with Crippen molar-refractivity contribution >= 4 is 23.4 Å². The van der Waals surface area contributed by atoms with Gasteiger partial charge >= 0.3 is 0 Å². The van der Waals surface area contributed by atoms with E-state index < -0.39 is 18.1 Å². The van der Waals surface area contributed by atoms with Crippen molar-refractivity contribution in [2.24, 2.45) is 5.92 Å². The number of rotatable bonds is 8. The lowest BCUT2D eigenvalue weighted by molar-refractivity contribution is -0.182. The van der Waals surface area contributed by atoms with Crippen LogP contribution >= 0.6 is 0 Å². The Labute approximate surface area is 216 Å². The zero-order valence-corrected chi connectivity index (χ0v) is 20.9. The molecule has 3 unspecified atom stereocenters. The molecule has 0 saturated carbocycles. The fraction of sp³-hybridized carbons (Fsp3) is 0.276. The van der Waals surface area contributed by atoms with Crippen molar-refractivity contribution in [2.75, 3.05) is 25.5 Å². The topological polar surface area (TPSA) is 82.2 Å². The van der Waals surface area contributed by atoms with Gasteiger partial charge in [-0.05, 0) is 28.8 Å². The fourth-order valence-corrected chi connectivity index (χ4v) is 4.92. The van der Waals surface area contributed by atoms with Gasteiger partial charge in [-0.25, -0.2) is 0 Å². The van der Waals surface area contributed by atoms with Gasteiger partial charge in [0.05, 0.1) is 18.5 Å². The first kappa shape index (κ1) is 24.7. The first-order valence-corrected chi connectivity index (χ1v) is 12.3. The number of benzene rings is 3. The largest absolute Gasteiger partial charge is 0.378 e. The summed E-state index contributed by atoms with van der Waals surface area (Å²) in [5.74, 6) is -1.64. The Balaban J connectivity index is 1.38. The van der Waals surface area contributed by atoms with Crippen molar-refractivity contribution in [3.05, 3.63) is 102 Å². The zero-order chi connectivity index (χ0) is 25.9. The van der Waals surface area contributed by atoms with Crippen molar-refractivity contribution < 1.29 is 19.2 Å². The number of anilines is 1. The summed E-state index contributed by atoms with van der Waals surface area (Å²) in [6.45, 7) is 0.475. The molecule has 1 N–H and O–H groups in total. The molecule has 2 aliphatic rings. The van der Waals surface area contributed by atoms with Crippen molar-refractivity contribution in [3.63, 3.8) is 0 Å². The molecule has 2 aliphatic heterocycles. The smallest absolute Gasteiger partial charge is 0.261 e. The maximum atomic E-state index is 13.6. The lowest BCUT2D eigenvalue weighted by atomic mass is 9.90. The van der Waals surface area contributed by atoms with Crippen LogP contribution in [0.5, 0.6) is 0 Å². The van der Waals surface area contributed by atoms with E-state index in [2.05, 4.69) is 5.32 Å². The number of carbonyl (C=O) groups is 3. The summed E-state index contributed by atoms with van der Waals surface area (Å²) in [4.78, 5) is 49.1. The van der Waals surface area contributed by atoms with Crippen molar-refractivity contribution in [1.82, 2.24) is 15.3 Å². The Morgan fingerprint density at radius 2 is 1.49 bits per heavy atom. The van der Waals surface area contributed by atoms with E-state index in [4.69, 9.17) is 4.84 Å². The minimum atomic E-state index is -0.961. The van der Waals surface area contributed by atoms with Crippen LogP contribution in [-0.4, -0.2) is 54.4 Å². The number of hydrogen-bond donors (Lipinski definition) is 1. The Morgan fingerprint density at radius 1 is 0.865 bits per heavy atom. The van der Waals surface area contributed by atoms with Gasteiger partial charge in [-0.1, -0.05) is 72.8 Å². The van der Waals surface area contributed by atoms with E-state index in [1.807, 2.05) is 104 Å². The second-order valence-corrected chi connectivity index (χ2v) is 9.57. The minimum absolute atomic E-state index is 0.0980. The third-order valence-corrected chi connectivity index (χ3v) is 6.85. The van der Waals surface area contributed by atoms with E-state index in [0.717, 1.165) is 22.4 Å². The molecule has 0 aliphatic carbocycles. The molecule has 0 aromatic heterocycles. The maximum Gasteiger partial charge on any atom is 0.261 e. The second kappa shape index (κ2) is 10.5. The van der Waals surface area contributed by atoms with Crippen LogP contribution in [0.15, 0.2) is 84.9 Å². The average Bonchev–Trinajstić information content (AvgIpc) is 3.39. The first-order valence-electron chi connectivity index (χ1n) is 12.3. The molecule has 2 fully saturated rings. The summed E-state index contributed by atoms with van der Waals surface area (Å²) in [5.41, 5.74) is 3.67. The third kappa shape index (κ3) is 5.12. The molecular formula is C29H30N4O4. The molecule has 8 heteroatoms. The number of carbonyl (C=O) groups excluding carboxylic acids is 3. The predicted molar refractivity (Wildman–Crippen MR) is 139 cm³/mol. The average molecular weight is 499 g/mol. The lowest BCUT2D eigenvalue weighted by Crippen LogP contribution is -2.40. The SMILES string of the molecule is CN(C)c1ccc(C2C3C(=O)N(Cc4ccccc4)C(=O)C3ON2CC(=O)NCc2ccccc2)cc1. The number of imide groups is 1. The van der Waals surface area contributed by atoms with Gasteiger partial charge in [0.25, 0.3) is 5.91 Å². The van der Waals surface area contributed by atoms with E-state index in [-0.39, 0.29) is 30.8 Å². The Kier molecular flexibility index (Phi) is 7.03. The zero-order valence-electron chi connectivity index (χ0n) is 20.9. The molecule has 3 atom stereocenters. The number of hydrogen-bond acceptors (Lipinski definition) is 6. The monoisotopic (exact) mass is 498 g/mol. The third-order valence-electron chi connectivity index (χ3n) is 6.85. The summed E-state index contributed by atoms with van der Waals surface area (Å²) < 4.78 is 0. The van der Waals surface area contributed by atoms with Gasteiger partial charge in [-0.3, -0.25) is 24.1 Å². The molecule has 8 nitrogen and oxygen atoms in total. The van der Waals surface area contributed by atoms with E-state index in [0.29, 0.717) is 6.54 Å². The molecule has 0 spiro atoms. The van der Waals surface area contributed by atoms with Gasteiger partial charge in [0.2, 0.25) is 11.8 Å². The minimum Gasteiger partial charge on any atom is -0.378 e. The molecule has 5 rings (SSSR count). The number of fused-ring (bicyclic) bond motifs is 1. The summed E-state index contributed by atoms with van der Waals surface area (Å²) in [6.07, 6.45) is -0.961. The highest BCUT2D eigenvalue weighted by Crippen LogP contribution is 2.45. The molecular weight excluding hydrogens is 468 g/mol. The van der Waals surface area contributed by atoms with E-state index in [9.17, 15) is 14.4 Å². The summed E-state index contributed by atoms with van der Waals surface area (Å²) in [6, 6.07) is 26.2. The highest BCUT2D eigenvalue weighted by molar-refractivity contribution is 6.07. The lowest BCUT2D eigenvalue weighted by Gasteiger charge is -2.27. The van der Waals surface area contributed by atoms with Crippen LogP contribution in [0, 0.1) is 5.92 Å². The van der Waals surface area contributed by atoms with Gasteiger partial charge in [0, 0.05) is 26.3 Å². The Morgan fingerprint density at radius 3 is 2.11 bits per heavy atom. The standard InChI is InChI=1S/C29H30N4O4/c1-31(2)23-15-13-22(14-16-23)26-25-27(29(36)32(28(25)35)18-21-11-7-4-8-12-21)37-33(26)19-24(34)30-17-20-9-5-3-6-10-20/h3-16,25-27H,17-19H2,1-2H3,(H,30,34). The van der Waals surface area contributed by atoms with Gasteiger partial charge in [0.1, 0.15) is 6.54 Å². The second-order valence-electron chi connectivity index (χ2n) is 9.57. The van der Waals surface area contributed by atoms with Gasteiger partial charge in [0.15, 0.2) is 6.10 Å². The highest BCUT2D eigenvalue weighted by atomic mass is 16.7. The predicted octanol–water partition coefficient (Wildman–Crippen LogP) is 2.91. The van der Waals surface area contributed by atoms with Crippen LogP contribution in [0.25, 0.3) is 0 Å². The molecule has 0 radical (unpaired) electrons. The molecule has 3 aromatic carbocycles. The van der Waals surface area contributed by atoms with Crippen molar-refractivity contribution in [2.45, 2.75) is 25.2 Å². The summed E-state index contributed by atoms with van der Waals surface area (Å²) in [5, 5.41) is 4.40. The van der Waals surface area contributed by atoms with Crippen molar-refractivity contribution in [3.8, 4) is 0 Å². The van der Waals surface area contributed by atoms with Crippen LogP contribution in [-0.2, 0) is 32.3 Å². The molecule has 3 aromatic rings. The van der Waals surface area contributed by atoms with Gasteiger partial charge < -0.3 is 10.2 Å². The molecule has 37 heavy (non-hydrogen) atoms. The number of nitrogens with zero attached hydrogens (tertiary/aromatic N) is 3. The van der Waals surface area contributed by atoms with Gasteiger partial charge in [-0.15, -0.1) is 0 Å². The molecule has 2 heterocycles. The normalized spacial score (nSPS) is 21.2. The van der Waals surface area contributed by atoms with Crippen LogP contribution in [0.1, 0.15) is 22.7 Å². The Hall–Kier alpha value is -4.01. The molecule has 2 saturated heterocycles. The maximum absolute atomic E-state index is 13.6. The highest BCUT2D eigenvalue weighted by Gasteiger charge is 2.59. The van der Waals surface area contributed by atoms with Crippen molar-refractivity contribution in [1.29, 1.82) is 0 Å². The molecule has 190 valence electrons. The summed E-state index contributed by atoms with van der Waals surface area (Å²) in [7, 11) is 3.90. The van der Waals surface area contributed by atoms with Crippen LogP contribution in [0.3, 0.4) is 0 Å². The van der Waals surface area contributed by atoms with Crippen LogP contribution in [0.2, 0.25) is 0 Å². The summed E-state index contributed by atoms with van der Waals surface area (Å²) >= 11 is 0. The number of amides is 3. The molecule has 3 amide bonds. The first-order chi connectivity index (χ1) is 17.9. The van der Waals surface area contributed by atoms with Crippen LogP contribution in [0.4, 0.5) is 5.69 Å². The fourth-order valence-electron chi connectivity index (χ4n) is 4.92. The molecule has 0 bridgehead atoms. The van der Waals surface area contributed by atoms with Gasteiger partial charge in [-0.2, -0.15) is 5.06 Å². The van der Waals surface area contributed by atoms with Crippen LogP contribution < -0.4 is 10.2 Å². The number of hydroxylamine groups is 2.